The zero-order valence-corrected chi connectivity index (χ0v) is 12.9. The summed E-state index contributed by atoms with van der Waals surface area (Å²) in [7, 11) is 1.43. The van der Waals surface area contributed by atoms with Gasteiger partial charge < -0.3 is 4.74 Å². The molecular formula is C16H22ClNO2. The van der Waals surface area contributed by atoms with Gasteiger partial charge in [-0.1, -0.05) is 36.9 Å². The van der Waals surface area contributed by atoms with E-state index in [0.29, 0.717) is 11.1 Å². The van der Waals surface area contributed by atoms with E-state index in [-0.39, 0.29) is 5.97 Å². The van der Waals surface area contributed by atoms with Crippen LogP contribution in [0.2, 0.25) is 5.02 Å². The minimum atomic E-state index is -0.402. The van der Waals surface area contributed by atoms with Gasteiger partial charge >= 0.3 is 5.97 Å². The predicted molar refractivity (Wildman–Crippen MR) is 81.0 cm³/mol. The molecule has 0 radical (unpaired) electrons. The smallest absolute Gasteiger partial charge is 0.327 e. The van der Waals surface area contributed by atoms with Crippen LogP contribution >= 0.6 is 11.6 Å². The van der Waals surface area contributed by atoms with Gasteiger partial charge in [-0.3, -0.25) is 5.32 Å². The number of carbonyl (C=O) groups is 1. The van der Waals surface area contributed by atoms with E-state index in [4.69, 9.17) is 16.3 Å². The molecule has 0 aliphatic heterocycles. The van der Waals surface area contributed by atoms with E-state index in [1.54, 1.807) is 0 Å². The Morgan fingerprint density at radius 3 is 2.65 bits per heavy atom. The summed E-state index contributed by atoms with van der Waals surface area (Å²) >= 11 is 5.99. The molecule has 0 bridgehead atoms. The van der Waals surface area contributed by atoms with E-state index in [2.05, 4.69) is 5.32 Å². The highest BCUT2D eigenvalue weighted by molar-refractivity contribution is 6.30. The largest absolute Gasteiger partial charge is 0.468 e. The summed E-state index contributed by atoms with van der Waals surface area (Å²) in [6.45, 7) is 1.97. The maximum atomic E-state index is 12.1. The van der Waals surface area contributed by atoms with E-state index in [9.17, 15) is 4.79 Å². The van der Waals surface area contributed by atoms with Crippen LogP contribution in [0.1, 0.15) is 49.3 Å². The fraction of sp³-hybridized carbons (Fsp3) is 0.562. The van der Waals surface area contributed by atoms with Gasteiger partial charge in [0, 0.05) is 11.1 Å². The second-order valence-corrected chi connectivity index (χ2v) is 5.90. The molecule has 1 N–H and O–H groups in total. The molecule has 3 nitrogen and oxygen atoms in total. The Morgan fingerprint density at radius 2 is 2.05 bits per heavy atom. The Kier molecular flexibility index (Phi) is 5.44. The summed E-state index contributed by atoms with van der Waals surface area (Å²) in [6, 6.07) is 5.61. The zero-order valence-electron chi connectivity index (χ0n) is 12.1. The highest BCUT2D eigenvalue weighted by Crippen LogP contribution is 2.26. The van der Waals surface area contributed by atoms with E-state index in [1.165, 1.54) is 26.4 Å². The van der Waals surface area contributed by atoms with Gasteiger partial charge in [0.15, 0.2) is 0 Å². The van der Waals surface area contributed by atoms with Crippen molar-refractivity contribution in [1.82, 2.24) is 5.32 Å². The number of halogens is 1. The summed E-state index contributed by atoms with van der Waals surface area (Å²) in [6.07, 6.45) is 6.00. The molecule has 1 fully saturated rings. The molecular weight excluding hydrogens is 274 g/mol. The highest BCUT2D eigenvalue weighted by atomic mass is 35.5. The molecule has 1 aromatic carbocycles. The van der Waals surface area contributed by atoms with Gasteiger partial charge in [-0.15, -0.1) is 0 Å². The Balaban J connectivity index is 2.20. The van der Waals surface area contributed by atoms with Crippen LogP contribution in [0.3, 0.4) is 0 Å². The third-order valence-corrected chi connectivity index (χ3v) is 4.22. The van der Waals surface area contributed by atoms with Crippen LogP contribution in [-0.4, -0.2) is 19.1 Å². The number of aryl methyl sites for hydroxylation is 1. The first-order valence-corrected chi connectivity index (χ1v) is 7.59. The molecule has 4 heteroatoms. The molecule has 110 valence electrons. The van der Waals surface area contributed by atoms with Gasteiger partial charge in [-0.25, -0.2) is 4.79 Å². The number of hydrogen-bond donors (Lipinski definition) is 1. The number of hydrogen-bond acceptors (Lipinski definition) is 3. The first-order chi connectivity index (χ1) is 9.61. The minimum absolute atomic E-state index is 0.235. The number of esters is 1. The number of ether oxygens (including phenoxy) is 1. The van der Waals surface area contributed by atoms with E-state index in [1.807, 2.05) is 25.1 Å². The van der Waals surface area contributed by atoms with Crippen LogP contribution in [0.15, 0.2) is 18.2 Å². The van der Waals surface area contributed by atoms with E-state index < -0.39 is 6.04 Å². The van der Waals surface area contributed by atoms with Gasteiger partial charge in [0.05, 0.1) is 7.11 Å². The molecule has 0 heterocycles. The van der Waals surface area contributed by atoms with Crippen LogP contribution in [-0.2, 0) is 9.53 Å². The average Bonchev–Trinajstić information content (AvgIpc) is 2.46. The number of nitrogens with one attached hydrogen (secondary N) is 1. The second-order valence-electron chi connectivity index (χ2n) is 5.46. The maximum absolute atomic E-state index is 12.1. The topological polar surface area (TPSA) is 38.3 Å². The van der Waals surface area contributed by atoms with Crippen molar-refractivity contribution in [2.75, 3.05) is 7.11 Å². The lowest BCUT2D eigenvalue weighted by Gasteiger charge is -2.28. The summed E-state index contributed by atoms with van der Waals surface area (Å²) in [5.74, 6) is -0.235. The molecule has 2 rings (SSSR count). The molecule has 1 aromatic rings. The van der Waals surface area contributed by atoms with Gasteiger partial charge in [0.25, 0.3) is 0 Å². The van der Waals surface area contributed by atoms with Crippen LogP contribution in [0, 0.1) is 6.92 Å². The summed E-state index contributed by atoms with van der Waals surface area (Å²) in [5, 5.41) is 4.15. The van der Waals surface area contributed by atoms with Crippen molar-refractivity contribution in [2.45, 2.75) is 51.1 Å². The van der Waals surface area contributed by atoms with Gasteiger partial charge in [-0.05, 0) is 43.0 Å². The van der Waals surface area contributed by atoms with Crippen molar-refractivity contribution in [3.8, 4) is 0 Å². The second kappa shape index (κ2) is 7.09. The number of methoxy groups -OCH3 is 1. The number of carbonyl (C=O) groups excluding carboxylic acids is 1. The molecule has 0 aromatic heterocycles. The third-order valence-electron chi connectivity index (χ3n) is 3.99. The Bertz CT molecular complexity index is 470. The first kappa shape index (κ1) is 15.3. The molecule has 0 amide bonds. The van der Waals surface area contributed by atoms with Crippen LogP contribution in [0.4, 0.5) is 0 Å². The molecule has 20 heavy (non-hydrogen) atoms. The van der Waals surface area contributed by atoms with Crippen molar-refractivity contribution in [1.29, 1.82) is 0 Å². The molecule has 1 aliphatic rings. The summed E-state index contributed by atoms with van der Waals surface area (Å²) in [4.78, 5) is 12.1. The molecule has 1 unspecified atom stereocenters. The maximum Gasteiger partial charge on any atom is 0.327 e. The van der Waals surface area contributed by atoms with Crippen LogP contribution in [0.5, 0.6) is 0 Å². The van der Waals surface area contributed by atoms with Crippen LogP contribution in [0.25, 0.3) is 0 Å². The Labute approximate surface area is 125 Å². The van der Waals surface area contributed by atoms with Crippen molar-refractivity contribution < 1.29 is 9.53 Å². The summed E-state index contributed by atoms with van der Waals surface area (Å²) < 4.78 is 4.96. The summed E-state index contributed by atoms with van der Waals surface area (Å²) in [5.41, 5.74) is 1.96. The lowest BCUT2D eigenvalue weighted by molar-refractivity contribution is -0.143. The quantitative estimate of drug-likeness (QED) is 0.859. The van der Waals surface area contributed by atoms with E-state index >= 15 is 0 Å². The lowest BCUT2D eigenvalue weighted by atomic mass is 9.93. The normalized spacial score (nSPS) is 17.8. The number of rotatable bonds is 4. The monoisotopic (exact) mass is 295 g/mol. The standard InChI is InChI=1S/C16H22ClNO2/c1-11-10-12(17)8-9-14(11)15(16(19)20-2)18-13-6-4-3-5-7-13/h8-10,13,15,18H,3-7H2,1-2H3. The van der Waals surface area contributed by atoms with Gasteiger partial charge in [0.2, 0.25) is 0 Å². The SMILES string of the molecule is COC(=O)C(NC1CCCCC1)c1ccc(Cl)cc1C. The molecule has 1 saturated carbocycles. The van der Waals surface area contributed by atoms with E-state index in [0.717, 1.165) is 24.0 Å². The lowest BCUT2D eigenvalue weighted by Crippen LogP contribution is -2.39. The zero-order chi connectivity index (χ0) is 14.5. The molecule has 0 saturated heterocycles. The predicted octanol–water partition coefficient (Wildman–Crippen LogP) is 3.78. The molecule has 1 atom stereocenters. The average molecular weight is 296 g/mol. The van der Waals surface area contributed by atoms with Crippen LogP contribution < -0.4 is 5.32 Å². The van der Waals surface area contributed by atoms with Crippen molar-refractivity contribution >= 4 is 17.6 Å². The molecule has 0 spiro atoms. The van der Waals surface area contributed by atoms with Gasteiger partial charge in [0.1, 0.15) is 6.04 Å². The number of benzene rings is 1. The minimum Gasteiger partial charge on any atom is -0.468 e. The fourth-order valence-corrected chi connectivity index (χ4v) is 3.10. The van der Waals surface area contributed by atoms with Crippen molar-refractivity contribution in [2.24, 2.45) is 0 Å². The Morgan fingerprint density at radius 1 is 1.35 bits per heavy atom. The Hall–Kier alpha value is -1.06. The molecule has 1 aliphatic carbocycles. The van der Waals surface area contributed by atoms with Crippen molar-refractivity contribution in [3.63, 3.8) is 0 Å². The highest BCUT2D eigenvalue weighted by Gasteiger charge is 2.26. The van der Waals surface area contributed by atoms with Crippen molar-refractivity contribution in [3.05, 3.63) is 34.3 Å². The third kappa shape index (κ3) is 3.74. The fourth-order valence-electron chi connectivity index (χ4n) is 2.87. The first-order valence-electron chi connectivity index (χ1n) is 7.21. The van der Waals surface area contributed by atoms with Gasteiger partial charge in [-0.2, -0.15) is 0 Å².